The van der Waals surface area contributed by atoms with Gasteiger partial charge in [0.25, 0.3) is 0 Å². The minimum atomic E-state index is 0.283. The van der Waals surface area contributed by atoms with Crippen LogP contribution in [-0.4, -0.2) is 4.98 Å². The molecule has 3 heteroatoms. The van der Waals surface area contributed by atoms with E-state index in [-0.39, 0.29) is 6.04 Å². The summed E-state index contributed by atoms with van der Waals surface area (Å²) in [7, 11) is 0. The lowest BCUT2D eigenvalue weighted by atomic mass is 9.91. The van der Waals surface area contributed by atoms with E-state index in [1.807, 2.05) is 26.1 Å². The lowest BCUT2D eigenvalue weighted by Gasteiger charge is -2.28. The van der Waals surface area contributed by atoms with E-state index in [4.69, 9.17) is 4.42 Å². The first-order chi connectivity index (χ1) is 9.65. The maximum absolute atomic E-state index is 5.64. The van der Waals surface area contributed by atoms with Gasteiger partial charge in [0, 0.05) is 17.8 Å². The van der Waals surface area contributed by atoms with E-state index >= 15 is 0 Å². The van der Waals surface area contributed by atoms with Gasteiger partial charge in [0.1, 0.15) is 11.5 Å². The van der Waals surface area contributed by atoms with Crippen LogP contribution in [0, 0.1) is 13.8 Å². The summed E-state index contributed by atoms with van der Waals surface area (Å²) in [6, 6.07) is 7.01. The van der Waals surface area contributed by atoms with E-state index < -0.39 is 0 Å². The molecule has 2 aromatic rings. The van der Waals surface area contributed by atoms with Crippen LogP contribution in [0.5, 0.6) is 0 Å². The number of pyridine rings is 1. The summed E-state index contributed by atoms with van der Waals surface area (Å²) >= 11 is 0. The van der Waals surface area contributed by atoms with Crippen molar-refractivity contribution in [1.82, 2.24) is 10.3 Å². The summed E-state index contributed by atoms with van der Waals surface area (Å²) in [6.45, 7) is 6.24. The van der Waals surface area contributed by atoms with Crippen molar-refractivity contribution < 1.29 is 4.42 Å². The van der Waals surface area contributed by atoms with Crippen molar-refractivity contribution in [2.45, 2.75) is 52.1 Å². The molecular formula is C17H22N2O. The molecule has 106 valence electrons. The smallest absolute Gasteiger partial charge is 0.105 e. The predicted molar refractivity (Wildman–Crippen MR) is 79.6 cm³/mol. The van der Waals surface area contributed by atoms with Gasteiger partial charge in [-0.15, -0.1) is 0 Å². The zero-order chi connectivity index (χ0) is 14.1. The van der Waals surface area contributed by atoms with Crippen molar-refractivity contribution in [3.05, 3.63) is 52.7 Å². The molecule has 0 bridgehead atoms. The molecule has 0 aliphatic heterocycles. The third kappa shape index (κ3) is 2.50. The first kappa shape index (κ1) is 13.4. The van der Waals surface area contributed by atoms with Crippen LogP contribution in [0.2, 0.25) is 0 Å². The topological polar surface area (TPSA) is 38.1 Å². The summed E-state index contributed by atoms with van der Waals surface area (Å²) in [5.74, 6) is 1.99. The molecule has 0 fully saturated rings. The number of nitrogens with zero attached hydrogens (tertiary/aromatic N) is 1. The third-order valence-electron chi connectivity index (χ3n) is 4.19. The van der Waals surface area contributed by atoms with E-state index in [1.54, 1.807) is 0 Å². The Bertz CT molecular complexity index is 603. The van der Waals surface area contributed by atoms with Gasteiger partial charge in [-0.05, 0) is 57.7 Å². The highest BCUT2D eigenvalue weighted by atomic mass is 16.3. The first-order valence-electron chi connectivity index (χ1n) is 7.42. The molecule has 0 saturated carbocycles. The number of hydrogen-bond acceptors (Lipinski definition) is 3. The van der Waals surface area contributed by atoms with Gasteiger partial charge in [-0.1, -0.05) is 6.07 Å². The monoisotopic (exact) mass is 270 g/mol. The SMILES string of the molecule is Cc1cc(C(C)NC2CCCc3cccnc32)c(C)o1. The Hall–Kier alpha value is -1.61. The molecule has 1 N–H and O–H groups in total. The highest BCUT2D eigenvalue weighted by Gasteiger charge is 2.24. The molecule has 3 rings (SSSR count). The summed E-state index contributed by atoms with van der Waals surface area (Å²) < 4.78 is 5.64. The molecule has 2 aromatic heterocycles. The average Bonchev–Trinajstić information content (AvgIpc) is 2.78. The second-order valence-corrected chi connectivity index (χ2v) is 5.75. The summed E-state index contributed by atoms with van der Waals surface area (Å²) in [4.78, 5) is 4.59. The lowest BCUT2D eigenvalue weighted by Crippen LogP contribution is -2.28. The minimum absolute atomic E-state index is 0.283. The Balaban J connectivity index is 1.80. The van der Waals surface area contributed by atoms with Gasteiger partial charge in [0.2, 0.25) is 0 Å². The van der Waals surface area contributed by atoms with E-state index in [1.165, 1.54) is 23.2 Å². The maximum Gasteiger partial charge on any atom is 0.105 e. The standard InChI is InChI=1S/C17H22N2O/c1-11-10-15(13(3)20-11)12(2)19-16-8-4-6-14-7-5-9-18-17(14)16/h5,7,9-10,12,16,19H,4,6,8H2,1-3H3. The van der Waals surface area contributed by atoms with Crippen molar-refractivity contribution in [2.75, 3.05) is 0 Å². The van der Waals surface area contributed by atoms with Gasteiger partial charge < -0.3 is 9.73 Å². The third-order valence-corrected chi connectivity index (χ3v) is 4.19. The average molecular weight is 270 g/mol. The number of fused-ring (bicyclic) bond motifs is 1. The number of aromatic nitrogens is 1. The number of aryl methyl sites for hydroxylation is 3. The quantitative estimate of drug-likeness (QED) is 0.915. The molecule has 2 atom stereocenters. The van der Waals surface area contributed by atoms with Crippen LogP contribution in [0.3, 0.4) is 0 Å². The molecular weight excluding hydrogens is 248 g/mol. The Morgan fingerprint density at radius 3 is 3.00 bits per heavy atom. The van der Waals surface area contributed by atoms with Crippen molar-refractivity contribution in [2.24, 2.45) is 0 Å². The molecule has 0 saturated heterocycles. The zero-order valence-electron chi connectivity index (χ0n) is 12.4. The van der Waals surface area contributed by atoms with Crippen molar-refractivity contribution in [1.29, 1.82) is 0 Å². The van der Waals surface area contributed by atoms with Crippen LogP contribution < -0.4 is 5.32 Å². The van der Waals surface area contributed by atoms with E-state index in [2.05, 4.69) is 29.4 Å². The molecule has 3 nitrogen and oxygen atoms in total. The predicted octanol–water partition coefficient (Wildman–Crippen LogP) is 4.02. The van der Waals surface area contributed by atoms with Crippen molar-refractivity contribution in [3.8, 4) is 0 Å². The van der Waals surface area contributed by atoms with Crippen LogP contribution in [-0.2, 0) is 6.42 Å². The second kappa shape index (κ2) is 5.41. The molecule has 1 aliphatic carbocycles. The van der Waals surface area contributed by atoms with E-state index in [0.717, 1.165) is 24.4 Å². The summed E-state index contributed by atoms with van der Waals surface area (Å²) in [5.41, 5.74) is 3.87. The maximum atomic E-state index is 5.64. The Morgan fingerprint density at radius 2 is 2.25 bits per heavy atom. The number of nitrogens with one attached hydrogen (secondary N) is 1. The second-order valence-electron chi connectivity index (χ2n) is 5.75. The van der Waals surface area contributed by atoms with Crippen LogP contribution in [0.1, 0.15) is 60.2 Å². The van der Waals surface area contributed by atoms with Crippen molar-refractivity contribution in [3.63, 3.8) is 0 Å². The number of hydrogen-bond donors (Lipinski definition) is 1. The molecule has 1 aliphatic rings. The Morgan fingerprint density at radius 1 is 1.40 bits per heavy atom. The fourth-order valence-corrected chi connectivity index (χ4v) is 3.24. The molecule has 0 radical (unpaired) electrons. The molecule has 2 unspecified atom stereocenters. The Kier molecular flexibility index (Phi) is 3.62. The minimum Gasteiger partial charge on any atom is -0.466 e. The molecule has 0 spiro atoms. The van der Waals surface area contributed by atoms with Gasteiger partial charge in [-0.2, -0.15) is 0 Å². The fourth-order valence-electron chi connectivity index (χ4n) is 3.24. The number of furan rings is 1. The summed E-state index contributed by atoms with van der Waals surface area (Å²) in [5, 5.41) is 3.72. The normalized spacial score (nSPS) is 19.6. The van der Waals surface area contributed by atoms with Gasteiger partial charge >= 0.3 is 0 Å². The highest BCUT2D eigenvalue weighted by Crippen LogP contribution is 2.31. The highest BCUT2D eigenvalue weighted by molar-refractivity contribution is 5.27. The van der Waals surface area contributed by atoms with Gasteiger partial charge in [-0.25, -0.2) is 0 Å². The van der Waals surface area contributed by atoms with Gasteiger partial charge in [0.15, 0.2) is 0 Å². The molecule has 20 heavy (non-hydrogen) atoms. The lowest BCUT2D eigenvalue weighted by molar-refractivity contribution is 0.401. The molecule has 2 heterocycles. The largest absolute Gasteiger partial charge is 0.466 e. The first-order valence-corrected chi connectivity index (χ1v) is 7.42. The fraction of sp³-hybridized carbons (Fsp3) is 0.471. The van der Waals surface area contributed by atoms with Crippen LogP contribution in [0.25, 0.3) is 0 Å². The molecule has 0 amide bonds. The van der Waals surface area contributed by atoms with E-state index in [9.17, 15) is 0 Å². The van der Waals surface area contributed by atoms with Crippen LogP contribution in [0.15, 0.2) is 28.8 Å². The van der Waals surface area contributed by atoms with Crippen molar-refractivity contribution >= 4 is 0 Å². The Labute approximate surface area is 120 Å². The molecule has 0 aromatic carbocycles. The zero-order valence-corrected chi connectivity index (χ0v) is 12.4. The van der Waals surface area contributed by atoms with Crippen LogP contribution in [0.4, 0.5) is 0 Å². The van der Waals surface area contributed by atoms with E-state index in [0.29, 0.717) is 6.04 Å². The van der Waals surface area contributed by atoms with Crippen LogP contribution >= 0.6 is 0 Å². The number of rotatable bonds is 3. The van der Waals surface area contributed by atoms with Gasteiger partial charge in [-0.3, -0.25) is 4.98 Å². The summed E-state index contributed by atoms with van der Waals surface area (Å²) in [6.07, 6.45) is 5.44. The van der Waals surface area contributed by atoms with Gasteiger partial charge in [0.05, 0.1) is 11.7 Å².